The monoisotopic (exact) mass is 310 g/mol. The number of esters is 2. The van der Waals surface area contributed by atoms with Crippen LogP contribution in [0.15, 0.2) is 24.3 Å². The van der Waals surface area contributed by atoms with Crippen LogP contribution in [0.4, 0.5) is 0 Å². The van der Waals surface area contributed by atoms with E-state index in [0.29, 0.717) is 17.2 Å². The van der Waals surface area contributed by atoms with Crippen molar-refractivity contribution in [2.24, 2.45) is 0 Å². The first kappa shape index (κ1) is 15.5. The number of hydrogen-bond donors (Lipinski definition) is 0. The van der Waals surface area contributed by atoms with Gasteiger partial charge in [0.25, 0.3) is 5.78 Å². The molecule has 0 aliphatic carbocycles. The van der Waals surface area contributed by atoms with Crippen LogP contribution in [0.5, 0.6) is 0 Å². The molecule has 1 aliphatic rings. The highest BCUT2D eigenvalue weighted by Gasteiger charge is 2.44. The lowest BCUT2D eigenvalue weighted by molar-refractivity contribution is -0.150. The third kappa shape index (κ3) is 3.61. The van der Waals surface area contributed by atoms with E-state index in [-0.39, 0.29) is 18.8 Å². The fraction of sp³-hybridized carbons (Fsp3) is 0.400. The molecule has 0 radical (unpaired) electrons. The molecule has 1 fully saturated rings. The first-order chi connectivity index (χ1) is 10.0. The van der Waals surface area contributed by atoms with E-state index in [4.69, 9.17) is 21.1 Å². The number of rotatable bonds is 5. The summed E-state index contributed by atoms with van der Waals surface area (Å²) in [6, 6.07) is 6.67. The van der Waals surface area contributed by atoms with Crippen molar-refractivity contribution in [2.45, 2.75) is 31.8 Å². The van der Waals surface area contributed by atoms with Crippen LogP contribution in [0.3, 0.4) is 0 Å². The molecule has 2 unspecified atom stereocenters. The third-order valence-electron chi connectivity index (χ3n) is 3.28. The second-order valence-corrected chi connectivity index (χ2v) is 5.12. The molecule has 112 valence electrons. The van der Waals surface area contributed by atoms with Crippen LogP contribution < -0.4 is 0 Å². The van der Waals surface area contributed by atoms with Crippen LogP contribution in [0.2, 0.25) is 5.02 Å². The van der Waals surface area contributed by atoms with Gasteiger partial charge in [0.1, 0.15) is 6.10 Å². The standard InChI is InChI=1S/C15H15ClO5/c1-2-20-12(17)8-7-11-13(14(18)15(19)21-11)9-3-5-10(16)6-4-9/h3-6,11,13H,2,7-8H2,1H3. The lowest BCUT2D eigenvalue weighted by Gasteiger charge is -2.16. The second-order valence-electron chi connectivity index (χ2n) is 4.68. The zero-order valence-electron chi connectivity index (χ0n) is 11.5. The minimum Gasteiger partial charge on any atom is -0.466 e. The van der Waals surface area contributed by atoms with Crippen molar-refractivity contribution in [3.8, 4) is 0 Å². The molecule has 0 amide bonds. The van der Waals surface area contributed by atoms with Gasteiger partial charge in [0.15, 0.2) is 0 Å². The second kappa shape index (κ2) is 6.72. The molecule has 0 spiro atoms. The van der Waals surface area contributed by atoms with Crippen molar-refractivity contribution in [1.82, 2.24) is 0 Å². The molecule has 2 atom stereocenters. The molecule has 1 aromatic carbocycles. The maximum atomic E-state index is 11.9. The molecule has 0 bridgehead atoms. The van der Waals surface area contributed by atoms with Crippen molar-refractivity contribution in [3.63, 3.8) is 0 Å². The number of ketones is 1. The SMILES string of the molecule is CCOC(=O)CCC1OC(=O)C(=O)C1c1ccc(Cl)cc1. The number of cyclic esters (lactones) is 1. The summed E-state index contributed by atoms with van der Waals surface area (Å²) in [5.41, 5.74) is 0.657. The maximum Gasteiger partial charge on any atom is 0.375 e. The Morgan fingerprint density at radius 2 is 1.95 bits per heavy atom. The van der Waals surface area contributed by atoms with E-state index in [0.717, 1.165) is 0 Å². The summed E-state index contributed by atoms with van der Waals surface area (Å²) in [5, 5.41) is 0.541. The van der Waals surface area contributed by atoms with Crippen LogP contribution in [-0.4, -0.2) is 30.4 Å². The molecule has 0 aromatic heterocycles. The van der Waals surface area contributed by atoms with E-state index in [2.05, 4.69) is 0 Å². The Morgan fingerprint density at radius 3 is 2.57 bits per heavy atom. The summed E-state index contributed by atoms with van der Waals surface area (Å²) in [5.74, 6) is -2.51. The van der Waals surface area contributed by atoms with E-state index >= 15 is 0 Å². The van der Waals surface area contributed by atoms with Gasteiger partial charge in [-0.25, -0.2) is 4.79 Å². The smallest absolute Gasteiger partial charge is 0.375 e. The van der Waals surface area contributed by atoms with Crippen LogP contribution in [0, 0.1) is 0 Å². The largest absolute Gasteiger partial charge is 0.466 e. The average Bonchev–Trinajstić information content (AvgIpc) is 2.74. The summed E-state index contributed by atoms with van der Waals surface area (Å²) in [4.78, 5) is 34.8. The predicted octanol–water partition coefficient (Wildman–Crippen LogP) is 2.26. The van der Waals surface area contributed by atoms with Crippen molar-refractivity contribution in [3.05, 3.63) is 34.9 Å². The minimum absolute atomic E-state index is 0.100. The lowest BCUT2D eigenvalue weighted by Crippen LogP contribution is -2.20. The van der Waals surface area contributed by atoms with E-state index < -0.39 is 23.8 Å². The zero-order chi connectivity index (χ0) is 15.4. The normalized spacial score (nSPS) is 21.2. The highest BCUT2D eigenvalue weighted by Crippen LogP contribution is 2.32. The van der Waals surface area contributed by atoms with Crippen molar-refractivity contribution in [2.75, 3.05) is 6.61 Å². The molecule has 2 rings (SSSR count). The van der Waals surface area contributed by atoms with Gasteiger partial charge in [-0.05, 0) is 31.0 Å². The Bertz CT molecular complexity index is 552. The third-order valence-corrected chi connectivity index (χ3v) is 3.53. The molecule has 1 saturated heterocycles. The zero-order valence-corrected chi connectivity index (χ0v) is 12.3. The maximum absolute atomic E-state index is 11.9. The van der Waals surface area contributed by atoms with Gasteiger partial charge in [-0.2, -0.15) is 0 Å². The molecule has 21 heavy (non-hydrogen) atoms. The highest BCUT2D eigenvalue weighted by atomic mass is 35.5. The Morgan fingerprint density at radius 1 is 1.29 bits per heavy atom. The van der Waals surface area contributed by atoms with Crippen LogP contribution in [0.1, 0.15) is 31.2 Å². The van der Waals surface area contributed by atoms with E-state index in [9.17, 15) is 14.4 Å². The van der Waals surface area contributed by atoms with Crippen LogP contribution >= 0.6 is 11.6 Å². The Labute approximate surface area is 127 Å². The summed E-state index contributed by atoms with van der Waals surface area (Å²) in [6.45, 7) is 2.01. The molecule has 0 saturated carbocycles. The van der Waals surface area contributed by atoms with Crippen molar-refractivity contribution in [1.29, 1.82) is 0 Å². The van der Waals surface area contributed by atoms with Gasteiger partial charge in [0.05, 0.1) is 12.5 Å². The number of benzene rings is 1. The van der Waals surface area contributed by atoms with Crippen molar-refractivity contribution >= 4 is 29.3 Å². The van der Waals surface area contributed by atoms with Gasteiger partial charge in [-0.3, -0.25) is 9.59 Å². The molecule has 1 heterocycles. The number of Topliss-reactive ketones (excluding diaryl/α,β-unsaturated/α-hetero) is 1. The van der Waals surface area contributed by atoms with Crippen LogP contribution in [-0.2, 0) is 23.9 Å². The highest BCUT2D eigenvalue weighted by molar-refractivity contribution is 6.37. The number of ether oxygens (including phenoxy) is 2. The quantitative estimate of drug-likeness (QED) is 0.616. The molecule has 5 nitrogen and oxygen atoms in total. The van der Waals surface area contributed by atoms with E-state index in [1.165, 1.54) is 0 Å². The fourth-order valence-corrected chi connectivity index (χ4v) is 2.44. The molecule has 1 aromatic rings. The number of carbonyl (C=O) groups is 3. The number of hydrogen-bond acceptors (Lipinski definition) is 5. The van der Waals surface area contributed by atoms with Gasteiger partial charge in [-0.15, -0.1) is 0 Å². The minimum atomic E-state index is -0.858. The lowest BCUT2D eigenvalue weighted by atomic mass is 9.89. The molecule has 1 aliphatic heterocycles. The van der Waals surface area contributed by atoms with E-state index in [1.54, 1.807) is 31.2 Å². The molecular weight excluding hydrogens is 296 g/mol. The molecule has 0 N–H and O–H groups in total. The topological polar surface area (TPSA) is 69.7 Å². The summed E-state index contributed by atoms with van der Waals surface area (Å²) < 4.78 is 9.90. The van der Waals surface area contributed by atoms with Gasteiger partial charge >= 0.3 is 11.9 Å². The van der Waals surface area contributed by atoms with Gasteiger partial charge in [-0.1, -0.05) is 23.7 Å². The van der Waals surface area contributed by atoms with Gasteiger partial charge in [0.2, 0.25) is 0 Å². The van der Waals surface area contributed by atoms with E-state index in [1.807, 2.05) is 0 Å². The number of halogens is 1. The first-order valence-corrected chi connectivity index (χ1v) is 7.06. The Kier molecular flexibility index (Phi) is 4.96. The Balaban J connectivity index is 2.11. The number of carbonyl (C=O) groups excluding carboxylic acids is 3. The summed E-state index contributed by atoms with van der Waals surface area (Å²) >= 11 is 5.81. The average molecular weight is 311 g/mol. The fourth-order valence-electron chi connectivity index (χ4n) is 2.31. The summed E-state index contributed by atoms with van der Waals surface area (Å²) in [6.07, 6.45) is -0.289. The molecular formula is C15H15ClO5. The van der Waals surface area contributed by atoms with Crippen LogP contribution in [0.25, 0.3) is 0 Å². The molecule has 6 heteroatoms. The predicted molar refractivity (Wildman–Crippen MR) is 74.9 cm³/mol. The van der Waals surface area contributed by atoms with Gasteiger partial charge < -0.3 is 9.47 Å². The Hall–Kier alpha value is -1.88. The first-order valence-electron chi connectivity index (χ1n) is 6.68. The van der Waals surface area contributed by atoms with Gasteiger partial charge in [0, 0.05) is 11.4 Å². The van der Waals surface area contributed by atoms with Crippen molar-refractivity contribution < 1.29 is 23.9 Å². The summed E-state index contributed by atoms with van der Waals surface area (Å²) in [7, 11) is 0.